The maximum Gasteiger partial charge on any atom is 0.274 e. The van der Waals surface area contributed by atoms with Crippen molar-refractivity contribution < 1.29 is 9.63 Å². The maximum absolute atomic E-state index is 11.7. The molecule has 1 amide bonds. The third-order valence-electron chi connectivity index (χ3n) is 3.37. The molecule has 5 heteroatoms. The molecule has 0 radical (unpaired) electrons. The number of carbonyl (C=O) groups excluding carboxylic acids is 1. The van der Waals surface area contributed by atoms with Crippen molar-refractivity contribution in [2.24, 2.45) is 0 Å². The van der Waals surface area contributed by atoms with Crippen molar-refractivity contribution in [3.05, 3.63) is 35.9 Å². The second-order valence-corrected chi connectivity index (χ2v) is 5.68. The minimum Gasteiger partial charge on any atom is -0.302 e. The molecule has 0 spiro atoms. The van der Waals surface area contributed by atoms with E-state index in [-0.39, 0.29) is 11.3 Å². The highest BCUT2D eigenvalue weighted by atomic mass is 35.5. The van der Waals surface area contributed by atoms with Gasteiger partial charge in [0.05, 0.1) is 12.0 Å². The average Bonchev–Trinajstić information content (AvgIpc) is 2.49. The Labute approximate surface area is 125 Å². The van der Waals surface area contributed by atoms with Crippen LogP contribution in [-0.2, 0) is 4.84 Å². The molecule has 1 heterocycles. The fraction of sp³-hybridized carbons (Fsp3) is 0.533. The van der Waals surface area contributed by atoms with Crippen LogP contribution in [0.4, 0.5) is 0 Å². The molecule has 20 heavy (non-hydrogen) atoms. The number of amides is 1. The Bertz CT molecular complexity index is 408. The third-order valence-corrected chi connectivity index (χ3v) is 3.63. The predicted octanol–water partition coefficient (Wildman–Crippen LogP) is 2.44. The topological polar surface area (TPSA) is 41.6 Å². The quantitative estimate of drug-likeness (QED) is 0.647. The lowest BCUT2D eigenvalue weighted by Gasteiger charge is -2.28. The van der Waals surface area contributed by atoms with Gasteiger partial charge in [-0.2, -0.15) is 0 Å². The summed E-state index contributed by atoms with van der Waals surface area (Å²) in [6.45, 7) is 3.35. The zero-order chi connectivity index (χ0) is 14.2. The molecule has 1 unspecified atom stereocenters. The number of nitrogens with one attached hydrogen (secondary N) is 1. The van der Waals surface area contributed by atoms with E-state index < -0.39 is 0 Å². The SMILES string of the molecule is O=C(NOCC(Cl)CN1CCCCC1)c1ccccc1. The second kappa shape index (κ2) is 8.25. The monoisotopic (exact) mass is 296 g/mol. The van der Waals surface area contributed by atoms with Gasteiger partial charge in [-0.25, -0.2) is 5.48 Å². The highest BCUT2D eigenvalue weighted by molar-refractivity contribution is 6.20. The van der Waals surface area contributed by atoms with Crippen LogP contribution in [0.3, 0.4) is 0 Å². The Morgan fingerprint density at radius 3 is 2.65 bits per heavy atom. The van der Waals surface area contributed by atoms with Gasteiger partial charge >= 0.3 is 0 Å². The number of hydrogen-bond acceptors (Lipinski definition) is 3. The van der Waals surface area contributed by atoms with Gasteiger partial charge in [-0.15, -0.1) is 11.6 Å². The van der Waals surface area contributed by atoms with E-state index in [1.807, 2.05) is 18.2 Å². The molecule has 0 aliphatic carbocycles. The lowest BCUT2D eigenvalue weighted by molar-refractivity contribution is 0.0284. The molecule has 1 atom stereocenters. The van der Waals surface area contributed by atoms with Crippen molar-refractivity contribution >= 4 is 17.5 Å². The summed E-state index contributed by atoms with van der Waals surface area (Å²) in [6.07, 6.45) is 3.80. The molecular weight excluding hydrogens is 276 g/mol. The predicted molar refractivity (Wildman–Crippen MR) is 79.8 cm³/mol. The molecule has 1 aromatic carbocycles. The van der Waals surface area contributed by atoms with E-state index in [0.717, 1.165) is 19.6 Å². The van der Waals surface area contributed by atoms with Crippen molar-refractivity contribution in [2.45, 2.75) is 24.6 Å². The maximum atomic E-state index is 11.7. The summed E-state index contributed by atoms with van der Waals surface area (Å²) < 4.78 is 0. The smallest absolute Gasteiger partial charge is 0.274 e. The average molecular weight is 297 g/mol. The van der Waals surface area contributed by atoms with Gasteiger partial charge in [0.2, 0.25) is 0 Å². The van der Waals surface area contributed by atoms with Gasteiger partial charge in [0.15, 0.2) is 0 Å². The molecule has 2 rings (SSSR count). The van der Waals surface area contributed by atoms with Gasteiger partial charge < -0.3 is 4.90 Å². The van der Waals surface area contributed by atoms with Crippen LogP contribution < -0.4 is 5.48 Å². The minimum absolute atomic E-state index is 0.107. The van der Waals surface area contributed by atoms with Gasteiger partial charge in [0.1, 0.15) is 0 Å². The number of likely N-dealkylation sites (tertiary alicyclic amines) is 1. The van der Waals surface area contributed by atoms with Crippen LogP contribution in [0.25, 0.3) is 0 Å². The number of alkyl halides is 1. The lowest BCUT2D eigenvalue weighted by Crippen LogP contribution is -2.37. The Morgan fingerprint density at radius 2 is 1.95 bits per heavy atom. The molecule has 4 nitrogen and oxygen atoms in total. The zero-order valence-electron chi connectivity index (χ0n) is 11.6. The molecule has 0 bridgehead atoms. The normalized spacial score (nSPS) is 17.6. The van der Waals surface area contributed by atoms with Crippen molar-refractivity contribution in [2.75, 3.05) is 26.2 Å². The van der Waals surface area contributed by atoms with Gasteiger partial charge in [-0.05, 0) is 38.1 Å². The van der Waals surface area contributed by atoms with E-state index in [9.17, 15) is 4.79 Å². The summed E-state index contributed by atoms with van der Waals surface area (Å²) in [4.78, 5) is 19.3. The van der Waals surface area contributed by atoms with Crippen LogP contribution in [0.5, 0.6) is 0 Å². The van der Waals surface area contributed by atoms with E-state index in [2.05, 4.69) is 10.4 Å². The summed E-state index contributed by atoms with van der Waals surface area (Å²) in [7, 11) is 0. The summed E-state index contributed by atoms with van der Waals surface area (Å²) in [5, 5.41) is -0.107. The number of halogens is 1. The lowest BCUT2D eigenvalue weighted by atomic mass is 10.1. The van der Waals surface area contributed by atoms with Crippen molar-refractivity contribution in [3.63, 3.8) is 0 Å². The van der Waals surface area contributed by atoms with Gasteiger partial charge in [-0.3, -0.25) is 9.63 Å². The van der Waals surface area contributed by atoms with Gasteiger partial charge in [0, 0.05) is 12.1 Å². The Hall–Kier alpha value is -1.10. The number of rotatable bonds is 6. The van der Waals surface area contributed by atoms with E-state index in [1.165, 1.54) is 19.3 Å². The molecular formula is C15H21ClN2O2. The third kappa shape index (κ3) is 5.12. The summed E-state index contributed by atoms with van der Waals surface area (Å²) in [5.74, 6) is -0.243. The first-order valence-corrected chi connectivity index (χ1v) is 7.53. The van der Waals surface area contributed by atoms with Crippen molar-refractivity contribution in [1.82, 2.24) is 10.4 Å². The molecule has 1 saturated heterocycles. The number of carbonyl (C=O) groups is 1. The molecule has 0 saturated carbocycles. The summed E-state index contributed by atoms with van der Waals surface area (Å²) in [5.41, 5.74) is 3.00. The molecule has 0 aromatic heterocycles. The Balaban J connectivity index is 1.63. The van der Waals surface area contributed by atoms with E-state index in [0.29, 0.717) is 12.2 Å². The van der Waals surface area contributed by atoms with Gasteiger partial charge in [0.25, 0.3) is 5.91 Å². The van der Waals surface area contributed by atoms with Crippen LogP contribution in [0, 0.1) is 0 Å². The number of hydrogen-bond donors (Lipinski definition) is 1. The van der Waals surface area contributed by atoms with E-state index in [4.69, 9.17) is 16.4 Å². The van der Waals surface area contributed by atoms with Crippen LogP contribution >= 0.6 is 11.6 Å². The first kappa shape index (κ1) is 15.3. The van der Waals surface area contributed by atoms with Gasteiger partial charge in [-0.1, -0.05) is 24.6 Å². The van der Waals surface area contributed by atoms with Crippen molar-refractivity contribution in [1.29, 1.82) is 0 Å². The number of piperidine rings is 1. The second-order valence-electron chi connectivity index (χ2n) is 5.07. The minimum atomic E-state index is -0.243. The van der Waals surface area contributed by atoms with E-state index >= 15 is 0 Å². The first-order valence-electron chi connectivity index (χ1n) is 7.09. The number of nitrogens with zero attached hydrogens (tertiary/aromatic N) is 1. The van der Waals surface area contributed by atoms with Crippen LogP contribution in [-0.4, -0.2) is 42.4 Å². The highest BCUT2D eigenvalue weighted by Crippen LogP contribution is 2.10. The van der Waals surface area contributed by atoms with Crippen LogP contribution in [0.15, 0.2) is 30.3 Å². The molecule has 1 aliphatic heterocycles. The summed E-state index contributed by atoms with van der Waals surface area (Å²) >= 11 is 6.23. The highest BCUT2D eigenvalue weighted by Gasteiger charge is 2.15. The molecule has 1 fully saturated rings. The molecule has 1 aromatic rings. The van der Waals surface area contributed by atoms with Crippen LogP contribution in [0.1, 0.15) is 29.6 Å². The zero-order valence-corrected chi connectivity index (χ0v) is 12.3. The molecule has 1 N–H and O–H groups in total. The Kier molecular flexibility index (Phi) is 6.30. The molecule has 1 aliphatic rings. The van der Waals surface area contributed by atoms with Crippen molar-refractivity contribution in [3.8, 4) is 0 Å². The fourth-order valence-electron chi connectivity index (χ4n) is 2.32. The largest absolute Gasteiger partial charge is 0.302 e. The number of hydroxylamine groups is 1. The first-order chi connectivity index (χ1) is 9.75. The fourth-order valence-corrected chi connectivity index (χ4v) is 2.58. The number of benzene rings is 1. The standard InChI is InChI=1S/C15H21ClN2O2/c16-14(11-18-9-5-2-6-10-18)12-20-17-15(19)13-7-3-1-4-8-13/h1,3-4,7-8,14H,2,5-6,9-12H2,(H,17,19). The molecule has 110 valence electrons. The summed E-state index contributed by atoms with van der Waals surface area (Å²) in [6, 6.07) is 8.98. The van der Waals surface area contributed by atoms with E-state index in [1.54, 1.807) is 12.1 Å². The van der Waals surface area contributed by atoms with Crippen LogP contribution in [0.2, 0.25) is 0 Å². The Morgan fingerprint density at radius 1 is 1.25 bits per heavy atom.